The smallest absolute Gasteiger partial charge is 0.322 e. The Bertz CT molecular complexity index is 1060. The van der Waals surface area contributed by atoms with Crippen LogP contribution >= 0.6 is 11.8 Å². The van der Waals surface area contributed by atoms with Crippen LogP contribution in [0.25, 0.3) is 0 Å². The van der Waals surface area contributed by atoms with Crippen LogP contribution in [-0.4, -0.2) is 51.4 Å². The molecular formula is C41H64O5S. The van der Waals surface area contributed by atoms with Crippen molar-refractivity contribution in [1.29, 1.82) is 0 Å². The number of allylic oxidation sites excluding steroid dienone is 2. The van der Waals surface area contributed by atoms with Crippen molar-refractivity contribution in [3.05, 3.63) is 42.5 Å². The van der Waals surface area contributed by atoms with Crippen molar-refractivity contribution in [1.82, 2.24) is 0 Å². The lowest BCUT2D eigenvalue weighted by atomic mass is 9.96. The van der Waals surface area contributed by atoms with Gasteiger partial charge in [-0.25, -0.2) is 0 Å². The Kier molecular flexibility index (Phi) is 19.9. The Hall–Kier alpha value is -1.78. The van der Waals surface area contributed by atoms with Gasteiger partial charge in [0.25, 0.3) is 0 Å². The molecule has 6 heteroatoms. The number of cyclic esters (lactones) is 1. The van der Waals surface area contributed by atoms with E-state index in [1.54, 1.807) is 11.8 Å². The quantitative estimate of drug-likeness (QED) is 0.0649. The maximum Gasteiger partial charge on any atom is 0.322 e. The molecule has 3 rings (SSSR count). The fourth-order valence-corrected chi connectivity index (χ4v) is 8.36. The molecule has 0 saturated carbocycles. The summed E-state index contributed by atoms with van der Waals surface area (Å²) in [6.07, 6.45) is 26.4. The number of hydrogen-bond donors (Lipinski definition) is 2. The second-order valence-electron chi connectivity index (χ2n) is 13.9. The molecule has 2 aliphatic heterocycles. The fourth-order valence-electron chi connectivity index (χ4n) is 6.92. The first kappa shape index (κ1) is 39.7. The number of aliphatic hydroxyl groups is 2. The van der Waals surface area contributed by atoms with E-state index in [1.165, 1.54) is 57.8 Å². The second-order valence-corrected chi connectivity index (χ2v) is 15.4. The van der Waals surface area contributed by atoms with Crippen molar-refractivity contribution in [2.75, 3.05) is 0 Å². The average molecular weight is 669 g/mol. The zero-order valence-corrected chi connectivity index (χ0v) is 30.3. The lowest BCUT2D eigenvalue weighted by molar-refractivity contribution is -0.142. The van der Waals surface area contributed by atoms with E-state index in [0.29, 0.717) is 12.8 Å². The molecule has 2 heterocycles. The molecule has 1 aromatic rings. The number of aliphatic hydroxyl groups excluding tert-OH is 2. The van der Waals surface area contributed by atoms with Crippen molar-refractivity contribution in [2.24, 2.45) is 0 Å². The second kappa shape index (κ2) is 23.6. The van der Waals surface area contributed by atoms with Crippen LogP contribution in [0.2, 0.25) is 0 Å². The van der Waals surface area contributed by atoms with Gasteiger partial charge in [-0.2, -0.15) is 0 Å². The number of carbonyl (C=O) groups excluding carboxylic acids is 1. The summed E-state index contributed by atoms with van der Waals surface area (Å²) in [5.74, 6) is 6.22. The molecule has 264 valence electrons. The van der Waals surface area contributed by atoms with E-state index in [-0.39, 0.29) is 24.3 Å². The maximum absolute atomic E-state index is 12.8. The van der Waals surface area contributed by atoms with E-state index < -0.39 is 17.0 Å². The Morgan fingerprint density at radius 1 is 0.872 bits per heavy atom. The molecule has 0 radical (unpaired) electrons. The Labute approximate surface area is 291 Å². The normalized spacial score (nSPS) is 23.9. The van der Waals surface area contributed by atoms with Crippen molar-refractivity contribution >= 4 is 17.7 Å². The minimum Gasteiger partial charge on any atom is -0.462 e. The molecule has 1 aromatic carbocycles. The van der Waals surface area contributed by atoms with E-state index in [1.807, 2.05) is 31.2 Å². The van der Waals surface area contributed by atoms with Gasteiger partial charge in [-0.05, 0) is 70.1 Å². The summed E-state index contributed by atoms with van der Waals surface area (Å²) >= 11 is 1.67. The molecule has 6 atom stereocenters. The van der Waals surface area contributed by atoms with Crippen molar-refractivity contribution in [3.8, 4) is 11.8 Å². The molecular weight excluding hydrogens is 605 g/mol. The van der Waals surface area contributed by atoms with Crippen LogP contribution in [-0.2, 0) is 14.3 Å². The number of thioether (sulfide) groups is 1. The number of benzene rings is 1. The van der Waals surface area contributed by atoms with Crippen LogP contribution in [0.5, 0.6) is 0 Å². The molecule has 0 aliphatic carbocycles. The molecule has 0 amide bonds. The third-order valence-electron chi connectivity index (χ3n) is 9.72. The van der Waals surface area contributed by atoms with Crippen LogP contribution in [0.4, 0.5) is 0 Å². The zero-order valence-electron chi connectivity index (χ0n) is 29.5. The molecule has 0 aromatic heterocycles. The van der Waals surface area contributed by atoms with Crippen LogP contribution in [0.3, 0.4) is 0 Å². The summed E-state index contributed by atoms with van der Waals surface area (Å²) in [6.45, 7) is 4.26. The number of rotatable bonds is 24. The molecule has 0 bridgehead atoms. The van der Waals surface area contributed by atoms with Gasteiger partial charge in [0.05, 0.1) is 24.4 Å². The Balaban J connectivity index is 1.18. The van der Waals surface area contributed by atoms with E-state index in [0.717, 1.165) is 75.5 Å². The average Bonchev–Trinajstić information content (AvgIpc) is 3.67. The predicted octanol–water partition coefficient (Wildman–Crippen LogP) is 10.1. The first-order valence-electron chi connectivity index (χ1n) is 19.0. The summed E-state index contributed by atoms with van der Waals surface area (Å²) in [6, 6.07) is 10.2. The maximum atomic E-state index is 12.8. The van der Waals surface area contributed by atoms with Gasteiger partial charge in [-0.1, -0.05) is 127 Å². The summed E-state index contributed by atoms with van der Waals surface area (Å²) < 4.78 is 11.2. The Morgan fingerprint density at radius 3 is 2.15 bits per heavy atom. The predicted molar refractivity (Wildman–Crippen MR) is 195 cm³/mol. The minimum absolute atomic E-state index is 0.0143. The van der Waals surface area contributed by atoms with Crippen molar-refractivity contribution in [3.63, 3.8) is 0 Å². The highest BCUT2D eigenvalue weighted by molar-refractivity contribution is 8.01. The topological polar surface area (TPSA) is 76.0 Å². The molecule has 2 saturated heterocycles. The first-order chi connectivity index (χ1) is 22.9. The van der Waals surface area contributed by atoms with Crippen LogP contribution in [0.1, 0.15) is 155 Å². The highest BCUT2D eigenvalue weighted by Gasteiger charge is 2.48. The summed E-state index contributed by atoms with van der Waals surface area (Å²) in [4.78, 5) is 13.9. The number of unbranched alkanes of at least 4 members (excludes halogenated alkanes) is 13. The fraction of sp³-hybridized carbons (Fsp3) is 0.732. The zero-order chi connectivity index (χ0) is 33.6. The van der Waals surface area contributed by atoms with Gasteiger partial charge < -0.3 is 19.7 Å². The van der Waals surface area contributed by atoms with E-state index in [4.69, 9.17) is 9.47 Å². The lowest BCUT2D eigenvalue weighted by Crippen LogP contribution is -2.31. The van der Waals surface area contributed by atoms with Gasteiger partial charge in [0, 0.05) is 17.7 Å². The standard InChI is InChI=1S/C41H64O5S/c1-3-4-5-6-7-8-11-14-17-23-28-36(42)38-30-31-39(46-38)37(43)29-24-18-15-12-9-10-13-16-19-25-32-41(33-34(2)45-40(41)44)47-35-26-21-20-22-27-35/h9,12,20-22,26-27,34,36-39,42-43H,3-8,10-11,13-14,16-17,19,23-25,28-33H2,1-2H3/b12-9+/t34-,36+,37+,38+,39+,41?/m0/s1. The highest BCUT2D eigenvalue weighted by atomic mass is 32.2. The van der Waals surface area contributed by atoms with Gasteiger partial charge in [-0.15, -0.1) is 11.8 Å². The summed E-state index contributed by atoms with van der Waals surface area (Å²) in [5, 5.41) is 21.2. The van der Waals surface area contributed by atoms with Crippen LogP contribution in [0, 0.1) is 11.8 Å². The minimum atomic E-state index is -0.526. The molecule has 2 N–H and O–H groups in total. The van der Waals surface area contributed by atoms with Crippen LogP contribution < -0.4 is 0 Å². The summed E-state index contributed by atoms with van der Waals surface area (Å²) in [7, 11) is 0. The lowest BCUT2D eigenvalue weighted by Gasteiger charge is -2.24. The van der Waals surface area contributed by atoms with Gasteiger partial charge in [0.1, 0.15) is 10.9 Å². The molecule has 2 fully saturated rings. The largest absolute Gasteiger partial charge is 0.462 e. The number of ether oxygens (including phenoxy) is 2. The van der Waals surface area contributed by atoms with Crippen molar-refractivity contribution in [2.45, 2.75) is 195 Å². The van der Waals surface area contributed by atoms with Gasteiger partial charge in [-0.3, -0.25) is 4.79 Å². The first-order valence-corrected chi connectivity index (χ1v) is 19.9. The monoisotopic (exact) mass is 668 g/mol. The van der Waals surface area contributed by atoms with Crippen molar-refractivity contribution < 1.29 is 24.5 Å². The third-order valence-corrected chi connectivity index (χ3v) is 11.2. The Morgan fingerprint density at radius 2 is 1.49 bits per heavy atom. The molecule has 2 aliphatic rings. The van der Waals surface area contributed by atoms with E-state index in [9.17, 15) is 15.0 Å². The number of carbonyl (C=O) groups is 1. The van der Waals surface area contributed by atoms with E-state index in [2.05, 4.69) is 37.0 Å². The third kappa shape index (κ3) is 15.5. The SMILES string of the molecule is CCCCCCCCCCCC[C@@H](O)[C@H]1CC[C@H]([C@H](O)CCC#C/C=C/CCCCCCC2(Sc3ccccc3)C[C@H](C)OC2=O)O1. The van der Waals surface area contributed by atoms with Gasteiger partial charge in [0.15, 0.2) is 0 Å². The van der Waals surface area contributed by atoms with Crippen LogP contribution in [0.15, 0.2) is 47.4 Å². The number of hydrogen-bond acceptors (Lipinski definition) is 6. The summed E-state index contributed by atoms with van der Waals surface area (Å²) in [5.41, 5.74) is 0. The van der Waals surface area contributed by atoms with E-state index >= 15 is 0 Å². The molecule has 0 spiro atoms. The van der Waals surface area contributed by atoms with Gasteiger partial charge >= 0.3 is 5.97 Å². The van der Waals surface area contributed by atoms with Gasteiger partial charge in [0.2, 0.25) is 0 Å². The number of esters is 1. The molecule has 1 unspecified atom stereocenters. The molecule has 47 heavy (non-hydrogen) atoms. The molecule has 5 nitrogen and oxygen atoms in total. The highest BCUT2D eigenvalue weighted by Crippen LogP contribution is 2.46.